The summed E-state index contributed by atoms with van der Waals surface area (Å²) in [4.78, 5) is 41.0. The van der Waals surface area contributed by atoms with E-state index in [0.717, 1.165) is 12.2 Å². The maximum atomic E-state index is 10.9. The lowest BCUT2D eigenvalue weighted by atomic mass is 10.1. The Morgan fingerprint density at radius 2 is 1.34 bits per heavy atom. The molecule has 16 heteroatoms. The smallest absolute Gasteiger partial charge is 0.425 e. The number of aliphatic carboxylic acids is 3. The lowest BCUT2D eigenvalue weighted by Gasteiger charge is -2.06. The van der Waals surface area contributed by atoms with Crippen LogP contribution in [0, 0.1) is 0 Å². The molecule has 168 valence electrons. The molecule has 0 aromatic heterocycles. The zero-order chi connectivity index (χ0) is 23.6. The second-order valence-electron chi connectivity index (χ2n) is 4.91. The molecule has 6 N–H and O–H groups in total. The van der Waals surface area contributed by atoms with Gasteiger partial charge in [0.1, 0.15) is 5.25 Å². The number of carbonyl (C=O) groups excluding carboxylic acids is 1. The molecule has 0 rings (SSSR count). The molecule has 0 saturated carbocycles. The molecule has 0 radical (unpaired) electrons. The number of rotatable bonds is 11. The number of hydrogen-bond acceptors (Lipinski definition) is 10. The Balaban J connectivity index is -0.000000401. The SMILES string of the molecule is NCC(CC(=O)O)S(=O)(=O)O.O=C(O)/C=C\C(=O)CCCCC(=O)O.O=S(=O)=O. The van der Waals surface area contributed by atoms with E-state index in [-0.39, 0.29) is 18.6 Å². The zero-order valence-electron chi connectivity index (χ0n) is 14.8. The van der Waals surface area contributed by atoms with Crippen molar-refractivity contribution in [3.63, 3.8) is 0 Å². The van der Waals surface area contributed by atoms with Crippen molar-refractivity contribution >= 4 is 44.4 Å². The fourth-order valence-electron chi connectivity index (χ4n) is 1.33. The first-order valence-electron chi connectivity index (χ1n) is 7.44. The Bertz CT molecular complexity index is 777. The van der Waals surface area contributed by atoms with Crippen LogP contribution in [0.1, 0.15) is 32.1 Å². The molecule has 0 heterocycles. The first-order chi connectivity index (χ1) is 13.1. The Kier molecular flexibility index (Phi) is 18.6. The number of ketones is 1. The van der Waals surface area contributed by atoms with Gasteiger partial charge < -0.3 is 21.1 Å². The molecule has 0 aromatic rings. The van der Waals surface area contributed by atoms with E-state index in [4.69, 9.17) is 38.2 Å². The van der Waals surface area contributed by atoms with Crippen LogP contribution in [0.2, 0.25) is 0 Å². The van der Waals surface area contributed by atoms with Gasteiger partial charge in [-0.15, -0.1) is 12.6 Å². The van der Waals surface area contributed by atoms with Crippen molar-refractivity contribution in [2.75, 3.05) is 6.54 Å². The number of hydrogen-bond donors (Lipinski definition) is 5. The van der Waals surface area contributed by atoms with E-state index in [1.807, 2.05) is 0 Å². The van der Waals surface area contributed by atoms with Crippen LogP contribution in [-0.4, -0.2) is 76.4 Å². The summed E-state index contributed by atoms with van der Waals surface area (Å²) in [5, 5.41) is 23.2. The number of allylic oxidation sites excluding steroid dienone is 1. The molecule has 1 unspecified atom stereocenters. The van der Waals surface area contributed by atoms with Crippen molar-refractivity contribution in [2.24, 2.45) is 5.73 Å². The highest BCUT2D eigenvalue weighted by molar-refractivity contribution is 7.86. The summed E-state index contributed by atoms with van der Waals surface area (Å²) in [6.45, 7) is -0.398. The highest BCUT2D eigenvalue weighted by Crippen LogP contribution is 2.02. The second-order valence-corrected chi connectivity index (χ2v) is 7.02. The van der Waals surface area contributed by atoms with Crippen LogP contribution in [0.15, 0.2) is 12.2 Å². The Labute approximate surface area is 166 Å². The molecule has 0 bridgehead atoms. The molecule has 14 nitrogen and oxygen atoms in total. The minimum absolute atomic E-state index is 0.0376. The van der Waals surface area contributed by atoms with Crippen LogP contribution in [-0.2, 0) is 39.9 Å². The summed E-state index contributed by atoms with van der Waals surface area (Å²) in [7, 11) is -7.43. The molecule has 0 amide bonds. The Morgan fingerprint density at radius 1 is 0.897 bits per heavy atom. The second kappa shape index (κ2) is 17.4. The number of nitrogens with two attached hydrogens (primary N) is 1. The molecule has 0 aliphatic heterocycles. The highest BCUT2D eigenvalue weighted by Gasteiger charge is 2.23. The number of carbonyl (C=O) groups is 4. The van der Waals surface area contributed by atoms with Gasteiger partial charge in [-0.25, -0.2) is 4.79 Å². The van der Waals surface area contributed by atoms with Crippen molar-refractivity contribution in [1.29, 1.82) is 0 Å². The third kappa shape index (κ3) is 30.3. The van der Waals surface area contributed by atoms with E-state index >= 15 is 0 Å². The van der Waals surface area contributed by atoms with E-state index in [0.29, 0.717) is 12.8 Å². The van der Waals surface area contributed by atoms with Crippen molar-refractivity contribution in [2.45, 2.75) is 37.4 Å². The number of unbranched alkanes of at least 4 members (excludes halogenated alkanes) is 1. The van der Waals surface area contributed by atoms with Crippen LogP contribution < -0.4 is 5.73 Å². The predicted octanol–water partition coefficient (Wildman–Crippen LogP) is -1.49. The van der Waals surface area contributed by atoms with E-state index in [9.17, 15) is 27.6 Å². The first kappa shape index (κ1) is 31.0. The third-order valence-corrected chi connectivity index (χ3v) is 3.76. The van der Waals surface area contributed by atoms with Gasteiger partial charge in [0, 0.05) is 25.5 Å². The first-order valence-corrected chi connectivity index (χ1v) is 9.94. The monoisotopic (exact) mass is 463 g/mol. The molecular formula is C13H21NO13S2. The average molecular weight is 463 g/mol. The van der Waals surface area contributed by atoms with Crippen molar-refractivity contribution < 1.29 is 60.1 Å². The van der Waals surface area contributed by atoms with Gasteiger partial charge in [-0.1, -0.05) is 0 Å². The fourth-order valence-corrected chi connectivity index (χ4v) is 1.92. The Morgan fingerprint density at radius 3 is 1.62 bits per heavy atom. The molecular weight excluding hydrogens is 442 g/mol. The van der Waals surface area contributed by atoms with Crippen LogP contribution in [0.5, 0.6) is 0 Å². The van der Waals surface area contributed by atoms with Gasteiger partial charge in [-0.2, -0.15) is 8.42 Å². The largest absolute Gasteiger partial charge is 0.481 e. The van der Waals surface area contributed by atoms with Crippen LogP contribution in [0.3, 0.4) is 0 Å². The maximum absolute atomic E-state index is 10.9. The van der Waals surface area contributed by atoms with Gasteiger partial charge in [-0.3, -0.25) is 18.9 Å². The molecule has 0 saturated heterocycles. The lowest BCUT2D eigenvalue weighted by Crippen LogP contribution is -2.31. The van der Waals surface area contributed by atoms with Crippen molar-refractivity contribution in [3.8, 4) is 0 Å². The fraction of sp³-hybridized carbons (Fsp3) is 0.538. The van der Waals surface area contributed by atoms with Gasteiger partial charge in [0.05, 0.1) is 6.42 Å². The van der Waals surface area contributed by atoms with Gasteiger partial charge in [0.2, 0.25) is 0 Å². The van der Waals surface area contributed by atoms with E-state index in [1.54, 1.807) is 0 Å². The number of carboxylic acids is 3. The van der Waals surface area contributed by atoms with E-state index < -0.39 is 56.9 Å². The summed E-state index contributed by atoms with van der Waals surface area (Å²) < 4.78 is 54.3. The van der Waals surface area contributed by atoms with E-state index in [1.165, 1.54) is 0 Å². The molecule has 0 aromatic carbocycles. The quantitative estimate of drug-likeness (QED) is 0.133. The Hall–Kier alpha value is -2.69. The summed E-state index contributed by atoms with van der Waals surface area (Å²) in [5.41, 5.74) is 4.90. The molecule has 0 aliphatic rings. The average Bonchev–Trinajstić information content (AvgIpc) is 2.53. The molecule has 29 heavy (non-hydrogen) atoms. The zero-order valence-corrected chi connectivity index (χ0v) is 16.5. The molecule has 0 aliphatic carbocycles. The predicted molar refractivity (Wildman–Crippen MR) is 94.2 cm³/mol. The van der Waals surface area contributed by atoms with Gasteiger partial charge in [-0.05, 0) is 18.9 Å². The maximum Gasteiger partial charge on any atom is 0.425 e. The molecule has 0 fully saturated rings. The summed E-state index contributed by atoms with van der Waals surface area (Å²) in [5.74, 6) is -3.65. The third-order valence-electron chi connectivity index (χ3n) is 2.56. The molecule has 1 atom stereocenters. The van der Waals surface area contributed by atoms with Gasteiger partial charge in [0.15, 0.2) is 5.78 Å². The summed E-state index contributed by atoms with van der Waals surface area (Å²) in [6.07, 6.45) is 2.22. The van der Waals surface area contributed by atoms with E-state index in [2.05, 4.69) is 0 Å². The normalized spacial score (nSPS) is 11.2. The number of carboxylic acid groups (broad SMARTS) is 3. The van der Waals surface area contributed by atoms with Crippen molar-refractivity contribution in [1.82, 2.24) is 0 Å². The van der Waals surface area contributed by atoms with Crippen LogP contribution >= 0.6 is 0 Å². The highest BCUT2D eigenvalue weighted by atomic mass is 32.2. The van der Waals surface area contributed by atoms with Crippen LogP contribution in [0.4, 0.5) is 0 Å². The standard InChI is InChI=1S/C9H12O5.C4H9NO5S.O3S/c10-7(5-6-9(13)14)3-1-2-4-8(11)12;5-2-3(1-4(6)7)11(8,9)10;1-4(2)3/h5-6H,1-4H2,(H,11,12)(H,13,14);3H,1-2,5H2,(H,6,7)(H,8,9,10);/b6-5-;;. The van der Waals surface area contributed by atoms with Crippen molar-refractivity contribution in [3.05, 3.63) is 12.2 Å². The van der Waals surface area contributed by atoms with Gasteiger partial charge >= 0.3 is 28.5 Å². The summed E-state index contributed by atoms with van der Waals surface area (Å²) >= 11 is 0. The minimum Gasteiger partial charge on any atom is -0.481 e. The summed E-state index contributed by atoms with van der Waals surface area (Å²) in [6, 6.07) is 0. The topological polar surface area (TPSA) is 261 Å². The lowest BCUT2D eigenvalue weighted by molar-refractivity contribution is -0.138. The van der Waals surface area contributed by atoms with Crippen LogP contribution in [0.25, 0.3) is 0 Å². The minimum atomic E-state index is -4.32. The molecule has 0 spiro atoms. The van der Waals surface area contributed by atoms with Gasteiger partial charge in [0.25, 0.3) is 10.1 Å².